The van der Waals surface area contributed by atoms with E-state index in [1.165, 1.54) is 6.42 Å². The molecule has 3 atom stereocenters. The van der Waals surface area contributed by atoms with E-state index in [2.05, 4.69) is 25.7 Å². The van der Waals surface area contributed by atoms with Gasteiger partial charge in [-0.05, 0) is 38.0 Å². The summed E-state index contributed by atoms with van der Waals surface area (Å²) < 4.78 is 0. The highest BCUT2D eigenvalue weighted by Crippen LogP contribution is 2.47. The number of piperidine rings is 1. The number of nitrogens with two attached hydrogens (primary N) is 1. The summed E-state index contributed by atoms with van der Waals surface area (Å²) >= 11 is 0. The van der Waals surface area contributed by atoms with E-state index in [0.29, 0.717) is 30.3 Å². The van der Waals surface area contributed by atoms with Gasteiger partial charge in [0.05, 0.1) is 5.41 Å². The van der Waals surface area contributed by atoms with E-state index in [9.17, 15) is 4.79 Å². The minimum absolute atomic E-state index is 0.176. The molecule has 0 spiro atoms. The highest BCUT2D eigenvalue weighted by molar-refractivity contribution is 5.86. The highest BCUT2D eigenvalue weighted by atomic mass is 16.2. The average Bonchev–Trinajstić information content (AvgIpc) is 3.03. The Balaban J connectivity index is 2.10. The molecule has 1 aliphatic carbocycles. The maximum absolute atomic E-state index is 12.5. The monoisotopic (exact) mass is 224 g/mol. The third kappa shape index (κ3) is 1.86. The van der Waals surface area contributed by atoms with Crippen molar-refractivity contribution in [2.45, 2.75) is 46.1 Å². The maximum atomic E-state index is 12.5. The Bertz CT molecular complexity index is 286. The van der Waals surface area contributed by atoms with Gasteiger partial charge in [0, 0.05) is 19.1 Å². The normalized spacial score (nSPS) is 37.2. The van der Waals surface area contributed by atoms with E-state index in [1.807, 2.05) is 0 Å². The Hall–Kier alpha value is -0.570. The standard InChI is InChI=1S/C13H24N2O/c1-9-6-10(2)11(3)15(7-9)12(16)13(8-14)4-5-13/h9-11H,4-8,14H2,1-3H3. The average molecular weight is 224 g/mol. The van der Waals surface area contributed by atoms with Gasteiger partial charge in [-0.2, -0.15) is 0 Å². The van der Waals surface area contributed by atoms with Crippen LogP contribution in [0.5, 0.6) is 0 Å². The summed E-state index contributed by atoms with van der Waals surface area (Å²) in [5, 5.41) is 0. The molecule has 1 heterocycles. The largest absolute Gasteiger partial charge is 0.339 e. The molecule has 0 aromatic carbocycles. The Morgan fingerprint density at radius 2 is 2.00 bits per heavy atom. The summed E-state index contributed by atoms with van der Waals surface area (Å²) in [5.74, 6) is 1.56. The zero-order valence-corrected chi connectivity index (χ0v) is 10.7. The third-order valence-corrected chi connectivity index (χ3v) is 4.56. The number of amides is 1. The van der Waals surface area contributed by atoms with Crippen LogP contribution < -0.4 is 5.73 Å². The van der Waals surface area contributed by atoms with E-state index in [1.54, 1.807) is 0 Å². The molecule has 16 heavy (non-hydrogen) atoms. The molecule has 3 unspecified atom stereocenters. The lowest BCUT2D eigenvalue weighted by Gasteiger charge is -2.42. The first-order valence-corrected chi connectivity index (χ1v) is 6.51. The van der Waals surface area contributed by atoms with Crippen molar-refractivity contribution < 1.29 is 4.79 Å². The first-order chi connectivity index (χ1) is 7.50. The lowest BCUT2D eigenvalue weighted by atomic mass is 9.85. The third-order valence-electron chi connectivity index (χ3n) is 4.56. The van der Waals surface area contributed by atoms with Gasteiger partial charge in [-0.25, -0.2) is 0 Å². The number of carbonyl (C=O) groups is 1. The molecule has 92 valence electrons. The topological polar surface area (TPSA) is 46.3 Å². The minimum Gasteiger partial charge on any atom is -0.339 e. The highest BCUT2D eigenvalue weighted by Gasteiger charge is 2.52. The SMILES string of the molecule is CC1CC(C)C(C)N(C(=O)C2(CN)CC2)C1. The van der Waals surface area contributed by atoms with Gasteiger partial charge in [-0.3, -0.25) is 4.79 Å². The van der Waals surface area contributed by atoms with Gasteiger partial charge in [0.15, 0.2) is 0 Å². The fourth-order valence-electron chi connectivity index (χ4n) is 2.94. The summed E-state index contributed by atoms with van der Waals surface area (Å²) in [6.45, 7) is 8.12. The molecule has 0 aromatic heterocycles. The molecule has 2 fully saturated rings. The molecule has 3 heteroatoms. The number of carbonyl (C=O) groups excluding carboxylic acids is 1. The van der Waals surface area contributed by atoms with Crippen LogP contribution in [0.1, 0.15) is 40.0 Å². The van der Waals surface area contributed by atoms with E-state index < -0.39 is 0 Å². The quantitative estimate of drug-likeness (QED) is 0.774. The van der Waals surface area contributed by atoms with Crippen molar-refractivity contribution in [3.05, 3.63) is 0 Å². The molecule has 1 aliphatic heterocycles. The summed E-state index contributed by atoms with van der Waals surface area (Å²) in [6.07, 6.45) is 3.23. The molecule has 1 amide bonds. The van der Waals surface area contributed by atoms with Gasteiger partial charge < -0.3 is 10.6 Å². The summed E-state index contributed by atoms with van der Waals surface area (Å²) in [7, 11) is 0. The molecule has 0 radical (unpaired) electrons. The first kappa shape index (κ1) is 11.9. The van der Waals surface area contributed by atoms with E-state index in [-0.39, 0.29) is 5.41 Å². The van der Waals surface area contributed by atoms with Crippen LogP contribution in [0.15, 0.2) is 0 Å². The fourth-order valence-corrected chi connectivity index (χ4v) is 2.94. The van der Waals surface area contributed by atoms with Crippen molar-refractivity contribution in [3.8, 4) is 0 Å². The molecule has 2 N–H and O–H groups in total. The van der Waals surface area contributed by atoms with Gasteiger partial charge in [0.1, 0.15) is 0 Å². The second-order valence-corrected chi connectivity index (χ2v) is 6.00. The van der Waals surface area contributed by atoms with Crippen molar-refractivity contribution in [3.63, 3.8) is 0 Å². The number of likely N-dealkylation sites (tertiary alicyclic amines) is 1. The van der Waals surface area contributed by atoms with Crippen LogP contribution in [0.2, 0.25) is 0 Å². The van der Waals surface area contributed by atoms with Crippen molar-refractivity contribution in [2.24, 2.45) is 23.0 Å². The smallest absolute Gasteiger partial charge is 0.230 e. The Morgan fingerprint density at radius 3 is 2.50 bits per heavy atom. The van der Waals surface area contributed by atoms with Crippen LogP contribution in [-0.4, -0.2) is 29.9 Å². The molecule has 0 aromatic rings. The van der Waals surface area contributed by atoms with Crippen molar-refractivity contribution >= 4 is 5.91 Å². The van der Waals surface area contributed by atoms with Gasteiger partial charge in [-0.15, -0.1) is 0 Å². The van der Waals surface area contributed by atoms with Gasteiger partial charge in [0.2, 0.25) is 5.91 Å². The molecular weight excluding hydrogens is 200 g/mol. The van der Waals surface area contributed by atoms with Crippen LogP contribution in [0.3, 0.4) is 0 Å². The van der Waals surface area contributed by atoms with Gasteiger partial charge >= 0.3 is 0 Å². The number of hydrogen-bond acceptors (Lipinski definition) is 2. The zero-order chi connectivity index (χ0) is 11.9. The number of nitrogens with zero attached hydrogens (tertiary/aromatic N) is 1. The number of rotatable bonds is 2. The number of hydrogen-bond donors (Lipinski definition) is 1. The lowest BCUT2D eigenvalue weighted by molar-refractivity contribution is -0.142. The first-order valence-electron chi connectivity index (χ1n) is 6.51. The summed E-state index contributed by atoms with van der Waals surface area (Å²) in [4.78, 5) is 14.6. The predicted octanol–water partition coefficient (Wildman–Crippen LogP) is 1.62. The Kier molecular flexibility index (Phi) is 2.99. The summed E-state index contributed by atoms with van der Waals surface area (Å²) in [5.41, 5.74) is 5.57. The van der Waals surface area contributed by atoms with Crippen LogP contribution in [0.4, 0.5) is 0 Å². The minimum atomic E-state index is -0.176. The van der Waals surface area contributed by atoms with Crippen LogP contribution in [0, 0.1) is 17.3 Å². The van der Waals surface area contributed by atoms with Crippen LogP contribution in [-0.2, 0) is 4.79 Å². The molecule has 1 saturated carbocycles. The molecule has 3 nitrogen and oxygen atoms in total. The molecule has 2 rings (SSSR count). The Morgan fingerprint density at radius 1 is 1.38 bits per heavy atom. The maximum Gasteiger partial charge on any atom is 0.230 e. The fraction of sp³-hybridized carbons (Fsp3) is 0.923. The summed E-state index contributed by atoms with van der Waals surface area (Å²) in [6, 6.07) is 0.382. The van der Waals surface area contributed by atoms with Gasteiger partial charge in [0.25, 0.3) is 0 Å². The predicted molar refractivity (Wildman–Crippen MR) is 64.8 cm³/mol. The van der Waals surface area contributed by atoms with E-state index >= 15 is 0 Å². The molecule has 1 saturated heterocycles. The lowest BCUT2D eigenvalue weighted by Crippen LogP contribution is -2.52. The second kappa shape index (κ2) is 4.02. The van der Waals surface area contributed by atoms with E-state index in [0.717, 1.165) is 19.4 Å². The van der Waals surface area contributed by atoms with Gasteiger partial charge in [-0.1, -0.05) is 13.8 Å². The van der Waals surface area contributed by atoms with Crippen LogP contribution >= 0.6 is 0 Å². The zero-order valence-electron chi connectivity index (χ0n) is 10.7. The second-order valence-electron chi connectivity index (χ2n) is 6.00. The molecule has 0 bridgehead atoms. The molecule has 2 aliphatic rings. The van der Waals surface area contributed by atoms with E-state index in [4.69, 9.17) is 5.73 Å². The van der Waals surface area contributed by atoms with Crippen molar-refractivity contribution in [1.29, 1.82) is 0 Å². The van der Waals surface area contributed by atoms with Crippen LogP contribution in [0.25, 0.3) is 0 Å². The van der Waals surface area contributed by atoms with Crippen molar-refractivity contribution in [2.75, 3.05) is 13.1 Å². The molecular formula is C13H24N2O. The Labute approximate surface area is 98.4 Å². The van der Waals surface area contributed by atoms with Crippen molar-refractivity contribution in [1.82, 2.24) is 4.90 Å².